The van der Waals surface area contributed by atoms with Crippen LogP contribution in [-0.4, -0.2) is 7.05 Å². The Bertz CT molecular complexity index is 399. The molecule has 1 atom stereocenters. The van der Waals surface area contributed by atoms with E-state index >= 15 is 0 Å². The predicted molar refractivity (Wildman–Crippen MR) is 64.9 cm³/mol. The summed E-state index contributed by atoms with van der Waals surface area (Å²) in [5.41, 5.74) is 1.11. The maximum atomic E-state index is 13.8. The molecule has 94 valence electrons. The largest absolute Gasteiger partial charge is 0.313 e. The van der Waals surface area contributed by atoms with E-state index in [-0.39, 0.29) is 6.04 Å². The average molecular weight is 239 g/mol. The lowest BCUT2D eigenvalue weighted by Gasteiger charge is -2.30. The Labute approximate surface area is 101 Å². The van der Waals surface area contributed by atoms with Crippen molar-refractivity contribution < 1.29 is 8.78 Å². The van der Waals surface area contributed by atoms with Crippen LogP contribution in [0.5, 0.6) is 0 Å². The molecule has 1 aliphatic carbocycles. The molecule has 0 aromatic heterocycles. The van der Waals surface area contributed by atoms with E-state index in [2.05, 4.69) is 5.32 Å². The Kier molecular flexibility index (Phi) is 3.77. The monoisotopic (exact) mass is 239 g/mol. The van der Waals surface area contributed by atoms with Gasteiger partial charge in [0.25, 0.3) is 0 Å². The van der Waals surface area contributed by atoms with E-state index in [0.717, 1.165) is 12.5 Å². The third-order valence-electron chi connectivity index (χ3n) is 3.80. The van der Waals surface area contributed by atoms with Crippen molar-refractivity contribution in [3.63, 3.8) is 0 Å². The highest BCUT2D eigenvalue weighted by Gasteiger charge is 2.24. The second-order valence-corrected chi connectivity index (χ2v) is 5.00. The van der Waals surface area contributed by atoms with Gasteiger partial charge in [-0.3, -0.25) is 0 Å². The summed E-state index contributed by atoms with van der Waals surface area (Å²) in [6.45, 7) is 1.67. The van der Waals surface area contributed by atoms with Crippen molar-refractivity contribution in [3.05, 3.63) is 34.9 Å². The zero-order valence-electron chi connectivity index (χ0n) is 10.4. The highest BCUT2D eigenvalue weighted by Crippen LogP contribution is 2.35. The molecule has 1 N–H and O–H groups in total. The zero-order chi connectivity index (χ0) is 12.4. The Morgan fingerprint density at radius 3 is 2.53 bits per heavy atom. The second-order valence-electron chi connectivity index (χ2n) is 5.00. The van der Waals surface area contributed by atoms with Crippen molar-refractivity contribution in [2.24, 2.45) is 5.92 Å². The number of rotatable bonds is 4. The van der Waals surface area contributed by atoms with Crippen LogP contribution in [0.4, 0.5) is 8.78 Å². The predicted octanol–water partition coefficient (Wildman–Crippen LogP) is 3.72. The SMILES string of the molecule is CNC(CC1CCC1)c1cc(C)c(F)cc1F. The van der Waals surface area contributed by atoms with Crippen molar-refractivity contribution in [1.82, 2.24) is 5.32 Å². The Morgan fingerprint density at radius 1 is 1.29 bits per heavy atom. The van der Waals surface area contributed by atoms with Crippen LogP contribution in [0.2, 0.25) is 0 Å². The van der Waals surface area contributed by atoms with Gasteiger partial charge < -0.3 is 5.32 Å². The van der Waals surface area contributed by atoms with Gasteiger partial charge in [-0.1, -0.05) is 19.3 Å². The summed E-state index contributed by atoms with van der Waals surface area (Å²) in [6, 6.07) is 2.62. The summed E-state index contributed by atoms with van der Waals surface area (Å²) in [4.78, 5) is 0. The average Bonchev–Trinajstić information content (AvgIpc) is 2.23. The van der Waals surface area contributed by atoms with Crippen molar-refractivity contribution in [1.29, 1.82) is 0 Å². The first-order valence-electron chi connectivity index (χ1n) is 6.24. The number of nitrogens with one attached hydrogen (secondary N) is 1. The van der Waals surface area contributed by atoms with Crippen LogP contribution < -0.4 is 5.32 Å². The second kappa shape index (κ2) is 5.13. The maximum absolute atomic E-state index is 13.8. The molecule has 1 saturated carbocycles. The standard InChI is InChI=1S/C14H19F2N/c1-9-6-11(13(16)8-12(9)15)14(17-2)7-10-4-3-5-10/h6,8,10,14,17H,3-5,7H2,1-2H3. The van der Waals surface area contributed by atoms with E-state index in [1.807, 2.05) is 7.05 Å². The molecule has 3 heteroatoms. The zero-order valence-corrected chi connectivity index (χ0v) is 10.4. The molecule has 1 aromatic carbocycles. The molecule has 1 aromatic rings. The molecule has 17 heavy (non-hydrogen) atoms. The fourth-order valence-corrected chi connectivity index (χ4v) is 2.41. The third-order valence-corrected chi connectivity index (χ3v) is 3.80. The van der Waals surface area contributed by atoms with E-state index in [1.165, 1.54) is 19.3 Å². The number of aryl methyl sites for hydroxylation is 1. The Hall–Kier alpha value is -0.960. The van der Waals surface area contributed by atoms with E-state index in [0.29, 0.717) is 17.0 Å². The summed E-state index contributed by atoms with van der Waals surface area (Å²) in [7, 11) is 1.83. The molecule has 1 nitrogen and oxygen atoms in total. The number of halogens is 2. The molecule has 1 unspecified atom stereocenters. The maximum Gasteiger partial charge on any atom is 0.130 e. The van der Waals surface area contributed by atoms with Gasteiger partial charge >= 0.3 is 0 Å². The number of hydrogen-bond acceptors (Lipinski definition) is 1. The highest BCUT2D eigenvalue weighted by atomic mass is 19.1. The molecule has 0 spiro atoms. The molecular formula is C14H19F2N. The first-order valence-corrected chi connectivity index (χ1v) is 6.24. The minimum Gasteiger partial charge on any atom is -0.313 e. The lowest BCUT2D eigenvalue weighted by molar-refractivity contribution is 0.263. The summed E-state index contributed by atoms with van der Waals surface area (Å²) < 4.78 is 27.0. The van der Waals surface area contributed by atoms with E-state index in [4.69, 9.17) is 0 Å². The molecule has 2 rings (SSSR count). The van der Waals surface area contributed by atoms with Gasteiger partial charge in [0.05, 0.1) is 0 Å². The van der Waals surface area contributed by atoms with Crippen molar-refractivity contribution in [2.45, 2.75) is 38.6 Å². The normalized spacial score (nSPS) is 17.9. The highest BCUT2D eigenvalue weighted by molar-refractivity contribution is 5.28. The first kappa shape index (κ1) is 12.5. The number of hydrogen-bond donors (Lipinski definition) is 1. The minimum atomic E-state index is -0.468. The molecule has 0 amide bonds. The van der Waals surface area contributed by atoms with Crippen molar-refractivity contribution in [2.75, 3.05) is 7.05 Å². The molecule has 0 radical (unpaired) electrons. The molecule has 0 aliphatic heterocycles. The lowest BCUT2D eigenvalue weighted by Crippen LogP contribution is -2.24. The molecule has 0 heterocycles. The summed E-state index contributed by atoms with van der Waals surface area (Å²) in [5.74, 6) is -0.214. The van der Waals surface area contributed by atoms with Crippen LogP contribution in [0.3, 0.4) is 0 Å². The minimum absolute atomic E-state index is 0.000370. The van der Waals surface area contributed by atoms with Crippen LogP contribution in [0, 0.1) is 24.5 Å². The third kappa shape index (κ3) is 2.65. The first-order chi connectivity index (χ1) is 8.11. The van der Waals surface area contributed by atoms with Crippen LogP contribution in [0.1, 0.15) is 42.9 Å². The summed E-state index contributed by atoms with van der Waals surface area (Å²) in [5, 5.41) is 3.14. The van der Waals surface area contributed by atoms with Gasteiger partial charge in [-0.25, -0.2) is 8.78 Å². The smallest absolute Gasteiger partial charge is 0.130 e. The number of benzene rings is 1. The Morgan fingerprint density at radius 2 is 2.00 bits per heavy atom. The van der Waals surface area contributed by atoms with Gasteiger partial charge in [0.2, 0.25) is 0 Å². The fraction of sp³-hybridized carbons (Fsp3) is 0.571. The molecular weight excluding hydrogens is 220 g/mol. The molecule has 1 aliphatic rings. The summed E-state index contributed by atoms with van der Waals surface area (Å²) >= 11 is 0. The van der Waals surface area contributed by atoms with Crippen LogP contribution in [-0.2, 0) is 0 Å². The fourth-order valence-electron chi connectivity index (χ4n) is 2.41. The summed E-state index contributed by atoms with van der Waals surface area (Å²) in [6.07, 6.45) is 4.70. The molecule has 1 fully saturated rings. The van der Waals surface area contributed by atoms with E-state index in [1.54, 1.807) is 13.0 Å². The van der Waals surface area contributed by atoms with E-state index in [9.17, 15) is 8.78 Å². The van der Waals surface area contributed by atoms with Gasteiger partial charge in [-0.15, -0.1) is 0 Å². The van der Waals surface area contributed by atoms with Gasteiger partial charge in [0.15, 0.2) is 0 Å². The molecule has 0 bridgehead atoms. The van der Waals surface area contributed by atoms with Gasteiger partial charge in [-0.2, -0.15) is 0 Å². The van der Waals surface area contributed by atoms with Gasteiger partial charge in [-0.05, 0) is 37.9 Å². The lowest BCUT2D eigenvalue weighted by atomic mass is 9.79. The van der Waals surface area contributed by atoms with Crippen LogP contribution in [0.25, 0.3) is 0 Å². The Balaban J connectivity index is 2.19. The van der Waals surface area contributed by atoms with E-state index < -0.39 is 11.6 Å². The van der Waals surface area contributed by atoms with Gasteiger partial charge in [0, 0.05) is 17.7 Å². The van der Waals surface area contributed by atoms with Crippen molar-refractivity contribution in [3.8, 4) is 0 Å². The molecule has 0 saturated heterocycles. The topological polar surface area (TPSA) is 12.0 Å². The van der Waals surface area contributed by atoms with Gasteiger partial charge in [0.1, 0.15) is 11.6 Å². The van der Waals surface area contributed by atoms with Crippen molar-refractivity contribution >= 4 is 0 Å². The quantitative estimate of drug-likeness (QED) is 0.844. The van der Waals surface area contributed by atoms with Crippen LogP contribution >= 0.6 is 0 Å². The van der Waals surface area contributed by atoms with Crippen LogP contribution in [0.15, 0.2) is 12.1 Å².